The fraction of sp³-hybridized carbons (Fsp3) is 0.348. The van der Waals surface area contributed by atoms with E-state index in [-0.39, 0.29) is 18.4 Å². The molecule has 1 aliphatic rings. The average molecular weight is 406 g/mol. The Balaban J connectivity index is 1.24. The van der Waals surface area contributed by atoms with Crippen molar-refractivity contribution in [3.63, 3.8) is 0 Å². The van der Waals surface area contributed by atoms with Gasteiger partial charge in [-0.3, -0.25) is 14.0 Å². The first-order valence-corrected chi connectivity index (χ1v) is 10.3. The summed E-state index contributed by atoms with van der Waals surface area (Å²) in [4.78, 5) is 31.4. The number of likely N-dealkylation sites (tertiary alicyclic amines) is 1. The Bertz CT molecular complexity index is 1020. The Morgan fingerprint density at radius 3 is 2.60 bits per heavy atom. The van der Waals surface area contributed by atoms with E-state index in [1.165, 1.54) is 0 Å². The van der Waals surface area contributed by atoms with Crippen molar-refractivity contribution in [2.75, 3.05) is 26.2 Å². The third kappa shape index (κ3) is 4.45. The number of amides is 2. The average Bonchev–Trinajstić information content (AvgIpc) is 3.12. The standard InChI is InChI=1S/C23H26N4O3/c1-17-22(27-12-6-5-9-20(27)25-17)23(29)24-15-18-10-13-26(14-11-18)21(28)16-30-19-7-3-2-4-8-19/h2-9,12,18H,10-11,13-16H2,1H3,(H,24,29). The van der Waals surface area contributed by atoms with Gasteiger partial charge in [-0.2, -0.15) is 0 Å². The first-order valence-electron chi connectivity index (χ1n) is 10.3. The maximum Gasteiger partial charge on any atom is 0.270 e. The van der Waals surface area contributed by atoms with Gasteiger partial charge >= 0.3 is 0 Å². The van der Waals surface area contributed by atoms with Crippen LogP contribution in [0.1, 0.15) is 29.0 Å². The first-order chi connectivity index (χ1) is 14.6. The molecule has 3 heterocycles. The minimum Gasteiger partial charge on any atom is -0.484 e. The van der Waals surface area contributed by atoms with Crippen molar-refractivity contribution in [3.8, 4) is 5.75 Å². The molecule has 0 aliphatic carbocycles. The van der Waals surface area contributed by atoms with Crippen LogP contribution in [-0.4, -0.2) is 52.3 Å². The van der Waals surface area contributed by atoms with Crippen molar-refractivity contribution < 1.29 is 14.3 Å². The van der Waals surface area contributed by atoms with Crippen LogP contribution in [0.25, 0.3) is 5.65 Å². The number of piperidine rings is 1. The molecule has 1 aliphatic heterocycles. The fourth-order valence-electron chi connectivity index (χ4n) is 3.85. The molecule has 4 rings (SSSR count). The van der Waals surface area contributed by atoms with E-state index < -0.39 is 0 Å². The number of fused-ring (bicyclic) bond motifs is 1. The van der Waals surface area contributed by atoms with Crippen molar-refractivity contribution in [3.05, 3.63) is 66.1 Å². The van der Waals surface area contributed by atoms with Crippen LogP contribution >= 0.6 is 0 Å². The van der Waals surface area contributed by atoms with E-state index in [9.17, 15) is 9.59 Å². The van der Waals surface area contributed by atoms with Crippen LogP contribution in [0.2, 0.25) is 0 Å². The molecule has 0 saturated carbocycles. The minimum atomic E-state index is -0.110. The Morgan fingerprint density at radius 2 is 1.83 bits per heavy atom. The maximum absolute atomic E-state index is 12.7. The molecule has 0 unspecified atom stereocenters. The lowest BCUT2D eigenvalue weighted by Crippen LogP contribution is -2.43. The largest absolute Gasteiger partial charge is 0.484 e. The van der Waals surface area contributed by atoms with Gasteiger partial charge in [0.05, 0.1) is 5.69 Å². The normalized spacial score (nSPS) is 14.6. The van der Waals surface area contributed by atoms with Gasteiger partial charge in [0.2, 0.25) is 0 Å². The molecule has 3 aromatic rings. The number of benzene rings is 1. The highest BCUT2D eigenvalue weighted by molar-refractivity contribution is 5.94. The Kier molecular flexibility index (Phi) is 5.97. The van der Waals surface area contributed by atoms with Crippen LogP contribution in [-0.2, 0) is 4.79 Å². The van der Waals surface area contributed by atoms with E-state index in [1.807, 2.05) is 71.0 Å². The van der Waals surface area contributed by atoms with Crippen LogP contribution in [0, 0.1) is 12.8 Å². The van der Waals surface area contributed by atoms with E-state index >= 15 is 0 Å². The Labute approximate surface area is 175 Å². The minimum absolute atomic E-state index is 0.00249. The van der Waals surface area contributed by atoms with E-state index in [0.717, 1.165) is 24.2 Å². The number of rotatable bonds is 6. The lowest BCUT2D eigenvalue weighted by molar-refractivity contribution is -0.134. The van der Waals surface area contributed by atoms with Gasteiger partial charge in [0, 0.05) is 25.8 Å². The number of carbonyl (C=O) groups excluding carboxylic acids is 2. The van der Waals surface area contributed by atoms with Crippen LogP contribution in [0.15, 0.2) is 54.7 Å². The number of hydrogen-bond donors (Lipinski definition) is 1. The molecule has 7 heteroatoms. The number of ether oxygens (including phenoxy) is 1. The zero-order chi connectivity index (χ0) is 20.9. The molecule has 0 spiro atoms. The SMILES string of the molecule is Cc1nc2ccccn2c1C(=O)NCC1CCN(C(=O)COc2ccccc2)CC1. The molecule has 1 aromatic carbocycles. The van der Waals surface area contributed by atoms with Gasteiger partial charge in [-0.15, -0.1) is 0 Å². The van der Waals surface area contributed by atoms with Crippen LogP contribution in [0.3, 0.4) is 0 Å². The van der Waals surface area contributed by atoms with Gasteiger partial charge in [0.15, 0.2) is 6.61 Å². The van der Waals surface area contributed by atoms with E-state index in [1.54, 1.807) is 0 Å². The lowest BCUT2D eigenvalue weighted by atomic mass is 9.96. The smallest absolute Gasteiger partial charge is 0.270 e. The molecule has 0 radical (unpaired) electrons. The van der Waals surface area contributed by atoms with Gasteiger partial charge in [-0.05, 0) is 49.9 Å². The number of nitrogens with one attached hydrogen (secondary N) is 1. The van der Waals surface area contributed by atoms with Gasteiger partial charge < -0.3 is 15.0 Å². The molecule has 1 saturated heterocycles. The van der Waals surface area contributed by atoms with Gasteiger partial charge in [0.1, 0.15) is 17.1 Å². The number of imidazole rings is 1. The number of aromatic nitrogens is 2. The number of carbonyl (C=O) groups is 2. The van der Waals surface area contributed by atoms with E-state index in [4.69, 9.17) is 4.74 Å². The molecule has 156 valence electrons. The molecule has 0 bridgehead atoms. The predicted octanol–water partition coefficient (Wildman–Crippen LogP) is 2.69. The summed E-state index contributed by atoms with van der Waals surface area (Å²) in [5.41, 5.74) is 2.07. The number of aryl methyl sites for hydroxylation is 1. The number of nitrogens with zero attached hydrogens (tertiary/aromatic N) is 3. The second-order valence-corrected chi connectivity index (χ2v) is 7.61. The predicted molar refractivity (Wildman–Crippen MR) is 114 cm³/mol. The van der Waals surface area contributed by atoms with Gasteiger partial charge in [-0.25, -0.2) is 4.98 Å². The van der Waals surface area contributed by atoms with Crippen LogP contribution in [0.4, 0.5) is 0 Å². The van der Waals surface area contributed by atoms with Crippen molar-refractivity contribution >= 4 is 17.5 Å². The molecule has 2 aromatic heterocycles. The molecule has 7 nitrogen and oxygen atoms in total. The Hall–Kier alpha value is -3.35. The molecular weight excluding hydrogens is 380 g/mol. The van der Waals surface area contributed by atoms with Crippen molar-refractivity contribution in [2.45, 2.75) is 19.8 Å². The second kappa shape index (κ2) is 8.98. The zero-order valence-corrected chi connectivity index (χ0v) is 17.1. The summed E-state index contributed by atoms with van der Waals surface area (Å²) < 4.78 is 7.38. The topological polar surface area (TPSA) is 75.9 Å². The highest BCUT2D eigenvalue weighted by atomic mass is 16.5. The zero-order valence-electron chi connectivity index (χ0n) is 17.1. The number of pyridine rings is 1. The first kappa shape index (κ1) is 19.9. The van der Waals surface area contributed by atoms with Gasteiger partial charge in [-0.1, -0.05) is 24.3 Å². The molecule has 1 fully saturated rings. The third-order valence-electron chi connectivity index (χ3n) is 5.54. The maximum atomic E-state index is 12.7. The summed E-state index contributed by atoms with van der Waals surface area (Å²) in [5.74, 6) is 0.947. The molecule has 0 atom stereocenters. The second-order valence-electron chi connectivity index (χ2n) is 7.61. The van der Waals surface area contributed by atoms with Crippen molar-refractivity contribution in [1.82, 2.24) is 19.6 Å². The molecule has 1 N–H and O–H groups in total. The monoisotopic (exact) mass is 406 g/mol. The van der Waals surface area contributed by atoms with Crippen molar-refractivity contribution in [2.24, 2.45) is 5.92 Å². The summed E-state index contributed by atoms with van der Waals surface area (Å²) in [6.07, 6.45) is 3.58. The summed E-state index contributed by atoms with van der Waals surface area (Å²) in [6.45, 7) is 3.88. The number of hydrogen-bond acceptors (Lipinski definition) is 4. The fourth-order valence-corrected chi connectivity index (χ4v) is 3.85. The number of para-hydroxylation sites is 1. The van der Waals surface area contributed by atoms with E-state index in [2.05, 4.69) is 10.3 Å². The van der Waals surface area contributed by atoms with Crippen LogP contribution < -0.4 is 10.1 Å². The summed E-state index contributed by atoms with van der Waals surface area (Å²) in [6, 6.07) is 15.0. The molecule has 2 amide bonds. The Morgan fingerprint density at radius 1 is 1.10 bits per heavy atom. The summed E-state index contributed by atoms with van der Waals surface area (Å²) in [5, 5.41) is 3.05. The van der Waals surface area contributed by atoms with Crippen LogP contribution in [0.5, 0.6) is 5.75 Å². The summed E-state index contributed by atoms with van der Waals surface area (Å²) >= 11 is 0. The molecular formula is C23H26N4O3. The van der Waals surface area contributed by atoms with Crippen molar-refractivity contribution in [1.29, 1.82) is 0 Å². The highest BCUT2D eigenvalue weighted by Crippen LogP contribution is 2.18. The van der Waals surface area contributed by atoms with E-state index in [0.29, 0.717) is 37.0 Å². The summed E-state index contributed by atoms with van der Waals surface area (Å²) in [7, 11) is 0. The van der Waals surface area contributed by atoms with Gasteiger partial charge in [0.25, 0.3) is 11.8 Å². The highest BCUT2D eigenvalue weighted by Gasteiger charge is 2.24. The quantitative estimate of drug-likeness (QED) is 0.683. The lowest BCUT2D eigenvalue weighted by Gasteiger charge is -2.32. The third-order valence-corrected chi connectivity index (χ3v) is 5.54. The molecule has 30 heavy (non-hydrogen) atoms.